The molecule has 0 bridgehead atoms. The van der Waals surface area contributed by atoms with Crippen molar-refractivity contribution < 1.29 is 14.2 Å². The molecule has 218 valence electrons. The van der Waals surface area contributed by atoms with Gasteiger partial charge in [-0.2, -0.15) is 5.10 Å². The van der Waals surface area contributed by atoms with Crippen molar-refractivity contribution >= 4 is 21.9 Å². The van der Waals surface area contributed by atoms with Crippen LogP contribution in [-0.4, -0.2) is 39.0 Å². The molecule has 44 heavy (non-hydrogen) atoms. The molecular formula is C36H31N5O3. The number of methoxy groups -OCH3 is 2. The number of rotatable bonds is 9. The number of pyridine rings is 1. The Balaban J connectivity index is 1.27. The first-order valence-corrected chi connectivity index (χ1v) is 14.4. The summed E-state index contributed by atoms with van der Waals surface area (Å²) in [5, 5.41) is 6.08. The summed E-state index contributed by atoms with van der Waals surface area (Å²) >= 11 is 0. The van der Waals surface area contributed by atoms with Crippen LogP contribution >= 0.6 is 0 Å². The topological polar surface area (TPSA) is 87.1 Å². The van der Waals surface area contributed by atoms with Crippen LogP contribution in [0, 0.1) is 6.92 Å². The van der Waals surface area contributed by atoms with Crippen molar-refractivity contribution in [2.45, 2.75) is 20.1 Å². The Hall–Kier alpha value is -5.63. The summed E-state index contributed by atoms with van der Waals surface area (Å²) in [4.78, 5) is 12.9. The minimum absolute atomic E-state index is 0.434. The van der Waals surface area contributed by atoms with Gasteiger partial charge in [0, 0.05) is 22.7 Å². The van der Waals surface area contributed by atoms with E-state index in [9.17, 15) is 0 Å². The van der Waals surface area contributed by atoms with Crippen molar-refractivity contribution in [2.24, 2.45) is 0 Å². The molecule has 8 heteroatoms. The molecule has 1 N–H and O–H groups in total. The summed E-state index contributed by atoms with van der Waals surface area (Å²) in [6, 6.07) is 30.4. The smallest absolute Gasteiger partial charge is 0.159 e. The van der Waals surface area contributed by atoms with Crippen molar-refractivity contribution in [3.8, 4) is 39.9 Å². The Labute approximate surface area is 254 Å². The zero-order valence-corrected chi connectivity index (χ0v) is 24.7. The number of ether oxygens (including phenoxy) is 3. The van der Waals surface area contributed by atoms with Crippen LogP contribution in [0.15, 0.2) is 103 Å². The van der Waals surface area contributed by atoms with Gasteiger partial charge in [-0.3, -0.25) is 9.67 Å². The first-order chi connectivity index (χ1) is 21.6. The van der Waals surface area contributed by atoms with E-state index in [2.05, 4.69) is 47.2 Å². The molecule has 7 aromatic rings. The summed E-state index contributed by atoms with van der Waals surface area (Å²) in [5.41, 5.74) is 8.90. The Morgan fingerprint density at radius 2 is 1.52 bits per heavy atom. The molecule has 4 aromatic carbocycles. The SMILES string of the molecule is COc1ccc(COc2cncc(-c3ccc4c(c3)c(-c3nc5ccccc5[nH]3)nn4Cc3ccc(OC)cc3)c2C)cc1. The summed E-state index contributed by atoms with van der Waals surface area (Å²) in [6.45, 7) is 3.11. The number of nitrogens with one attached hydrogen (secondary N) is 1. The first kappa shape index (κ1) is 27.2. The summed E-state index contributed by atoms with van der Waals surface area (Å²) in [7, 11) is 3.34. The fourth-order valence-electron chi connectivity index (χ4n) is 5.44. The maximum atomic E-state index is 6.22. The minimum Gasteiger partial charge on any atom is -0.497 e. The van der Waals surface area contributed by atoms with Gasteiger partial charge in [0.05, 0.1) is 43.5 Å². The third-order valence-corrected chi connectivity index (χ3v) is 7.89. The zero-order chi connectivity index (χ0) is 30.0. The predicted molar refractivity (Wildman–Crippen MR) is 172 cm³/mol. The van der Waals surface area contributed by atoms with Crippen LogP contribution in [0.3, 0.4) is 0 Å². The molecule has 0 aliphatic carbocycles. The average Bonchev–Trinajstić information content (AvgIpc) is 3.66. The molecule has 7 rings (SSSR count). The van der Waals surface area contributed by atoms with Crippen LogP contribution in [-0.2, 0) is 13.2 Å². The van der Waals surface area contributed by atoms with E-state index in [-0.39, 0.29) is 0 Å². The largest absolute Gasteiger partial charge is 0.497 e. The Morgan fingerprint density at radius 3 is 2.25 bits per heavy atom. The number of aromatic nitrogens is 5. The van der Waals surface area contributed by atoms with Gasteiger partial charge in [-0.15, -0.1) is 0 Å². The highest BCUT2D eigenvalue weighted by atomic mass is 16.5. The standard InChI is InChI=1S/C36H31N5O3/c1-23-30(19-37-20-34(23)44-22-25-10-15-28(43-3)16-11-25)26-12-17-33-29(18-26)35(36-38-31-6-4-5-7-32(31)39-36)40-41(33)21-24-8-13-27(42-2)14-9-24/h4-20H,21-22H2,1-3H3,(H,38,39). The van der Waals surface area contributed by atoms with E-state index in [1.54, 1.807) is 20.4 Å². The fourth-order valence-corrected chi connectivity index (χ4v) is 5.44. The molecule has 0 saturated carbocycles. The molecule has 0 aliphatic rings. The van der Waals surface area contributed by atoms with Crippen LogP contribution in [0.4, 0.5) is 0 Å². The maximum Gasteiger partial charge on any atom is 0.159 e. The lowest BCUT2D eigenvalue weighted by Gasteiger charge is -2.13. The van der Waals surface area contributed by atoms with Gasteiger partial charge in [0.25, 0.3) is 0 Å². The second-order valence-corrected chi connectivity index (χ2v) is 10.6. The molecule has 0 saturated heterocycles. The molecule has 0 amide bonds. The van der Waals surface area contributed by atoms with E-state index >= 15 is 0 Å². The second kappa shape index (κ2) is 11.6. The molecule has 0 fully saturated rings. The van der Waals surface area contributed by atoms with E-state index in [1.807, 2.05) is 71.5 Å². The van der Waals surface area contributed by atoms with Crippen molar-refractivity contribution in [1.29, 1.82) is 0 Å². The van der Waals surface area contributed by atoms with Gasteiger partial charge >= 0.3 is 0 Å². The lowest BCUT2D eigenvalue weighted by Crippen LogP contribution is -2.02. The summed E-state index contributed by atoms with van der Waals surface area (Å²) < 4.78 is 18.9. The summed E-state index contributed by atoms with van der Waals surface area (Å²) in [6.07, 6.45) is 3.66. The number of hydrogen-bond donors (Lipinski definition) is 1. The minimum atomic E-state index is 0.434. The van der Waals surface area contributed by atoms with Gasteiger partial charge in [0.2, 0.25) is 0 Å². The number of nitrogens with zero attached hydrogens (tertiary/aromatic N) is 4. The second-order valence-electron chi connectivity index (χ2n) is 10.6. The highest BCUT2D eigenvalue weighted by Crippen LogP contribution is 2.35. The quantitative estimate of drug-likeness (QED) is 0.189. The third-order valence-electron chi connectivity index (χ3n) is 7.89. The van der Waals surface area contributed by atoms with Gasteiger partial charge in [0.1, 0.15) is 29.5 Å². The van der Waals surface area contributed by atoms with E-state index in [4.69, 9.17) is 24.3 Å². The predicted octanol–water partition coefficient (Wildman–Crippen LogP) is 7.59. The lowest BCUT2D eigenvalue weighted by molar-refractivity contribution is 0.303. The van der Waals surface area contributed by atoms with E-state index in [0.717, 1.165) is 78.5 Å². The molecule has 3 aromatic heterocycles. The zero-order valence-electron chi connectivity index (χ0n) is 24.7. The van der Waals surface area contributed by atoms with Gasteiger partial charge in [-0.1, -0.05) is 42.5 Å². The molecule has 0 aliphatic heterocycles. The van der Waals surface area contributed by atoms with Crippen LogP contribution in [0.1, 0.15) is 16.7 Å². The fraction of sp³-hybridized carbons (Fsp3) is 0.139. The number of aromatic amines is 1. The monoisotopic (exact) mass is 581 g/mol. The van der Waals surface area contributed by atoms with E-state index in [1.165, 1.54) is 0 Å². The van der Waals surface area contributed by atoms with Crippen LogP contribution in [0.2, 0.25) is 0 Å². The maximum absolute atomic E-state index is 6.22. The molecule has 0 unspecified atom stereocenters. The van der Waals surface area contributed by atoms with Crippen molar-refractivity contribution in [3.05, 3.63) is 120 Å². The van der Waals surface area contributed by atoms with Crippen molar-refractivity contribution in [1.82, 2.24) is 24.7 Å². The molecule has 8 nitrogen and oxygen atoms in total. The van der Waals surface area contributed by atoms with Gasteiger partial charge < -0.3 is 19.2 Å². The number of imidazole rings is 1. The molecule has 0 atom stereocenters. The number of fused-ring (bicyclic) bond motifs is 2. The number of benzene rings is 4. The first-order valence-electron chi connectivity index (χ1n) is 14.4. The van der Waals surface area contributed by atoms with Crippen LogP contribution < -0.4 is 14.2 Å². The average molecular weight is 582 g/mol. The molecule has 0 spiro atoms. The van der Waals surface area contributed by atoms with Crippen molar-refractivity contribution in [2.75, 3.05) is 14.2 Å². The van der Waals surface area contributed by atoms with Gasteiger partial charge in [-0.05, 0) is 72.1 Å². The Bertz CT molecular complexity index is 2050. The van der Waals surface area contributed by atoms with Gasteiger partial charge in [-0.25, -0.2) is 4.98 Å². The number of para-hydroxylation sites is 2. The van der Waals surface area contributed by atoms with Gasteiger partial charge in [0.15, 0.2) is 5.82 Å². The third kappa shape index (κ3) is 5.22. The highest BCUT2D eigenvalue weighted by Gasteiger charge is 2.18. The van der Waals surface area contributed by atoms with Crippen LogP contribution in [0.25, 0.3) is 44.6 Å². The lowest BCUT2D eigenvalue weighted by atomic mass is 10.00. The Kier molecular flexibility index (Phi) is 7.16. The number of hydrogen-bond acceptors (Lipinski definition) is 6. The highest BCUT2D eigenvalue weighted by molar-refractivity contribution is 5.96. The van der Waals surface area contributed by atoms with E-state index < -0.39 is 0 Å². The molecule has 3 heterocycles. The normalized spacial score (nSPS) is 11.2. The van der Waals surface area contributed by atoms with E-state index in [0.29, 0.717) is 13.2 Å². The Morgan fingerprint density at radius 1 is 0.795 bits per heavy atom. The number of H-pyrrole nitrogens is 1. The van der Waals surface area contributed by atoms with Crippen LogP contribution in [0.5, 0.6) is 17.2 Å². The molecule has 0 radical (unpaired) electrons. The molecular weight excluding hydrogens is 550 g/mol. The summed E-state index contributed by atoms with van der Waals surface area (Å²) in [5.74, 6) is 3.11. The van der Waals surface area contributed by atoms with Crippen molar-refractivity contribution in [3.63, 3.8) is 0 Å².